The predicted octanol–water partition coefficient (Wildman–Crippen LogP) is 1.40. The second kappa shape index (κ2) is 5.03. The number of rotatable bonds is 2. The Morgan fingerprint density at radius 3 is 3.05 bits per heavy atom. The topological polar surface area (TPSA) is 66.2 Å². The van der Waals surface area contributed by atoms with Crippen molar-refractivity contribution < 1.29 is 9.53 Å². The van der Waals surface area contributed by atoms with Crippen molar-refractivity contribution in [2.24, 2.45) is 0 Å². The van der Waals surface area contributed by atoms with E-state index >= 15 is 0 Å². The van der Waals surface area contributed by atoms with Crippen LogP contribution in [0.3, 0.4) is 0 Å². The molecule has 1 aliphatic rings. The molecule has 3 rings (SSSR count). The van der Waals surface area contributed by atoms with Crippen molar-refractivity contribution >= 4 is 22.5 Å². The molecule has 1 unspecified atom stereocenters. The summed E-state index contributed by atoms with van der Waals surface area (Å²) in [7, 11) is 0. The van der Waals surface area contributed by atoms with Crippen molar-refractivity contribution in [2.75, 3.05) is 25.1 Å². The third kappa shape index (κ3) is 2.34. The molecular weight excluding hydrogens is 242 g/mol. The Balaban J connectivity index is 1.84. The van der Waals surface area contributed by atoms with E-state index in [-0.39, 0.29) is 11.9 Å². The molecule has 1 atom stereocenters. The molecular formula is C14H17N3O2. The van der Waals surface area contributed by atoms with E-state index in [0.717, 1.165) is 22.3 Å². The van der Waals surface area contributed by atoms with Gasteiger partial charge in [0.05, 0.1) is 18.9 Å². The minimum absolute atomic E-state index is 0.0486. The average molecular weight is 259 g/mol. The van der Waals surface area contributed by atoms with Crippen LogP contribution >= 0.6 is 0 Å². The van der Waals surface area contributed by atoms with Crippen LogP contribution in [0.5, 0.6) is 0 Å². The van der Waals surface area contributed by atoms with E-state index in [1.807, 2.05) is 31.2 Å². The lowest BCUT2D eigenvalue weighted by Gasteiger charge is -2.22. The lowest BCUT2D eigenvalue weighted by atomic mass is 10.2. The molecule has 1 aromatic carbocycles. The molecule has 1 amide bonds. The van der Waals surface area contributed by atoms with Crippen LogP contribution in [-0.2, 0) is 9.53 Å². The van der Waals surface area contributed by atoms with Gasteiger partial charge in [0.1, 0.15) is 6.04 Å². The number of benzene rings is 1. The summed E-state index contributed by atoms with van der Waals surface area (Å²) in [6, 6.07) is 7.66. The Hall–Kier alpha value is -1.85. The standard InChI is InChI=1S/C14H17N3O2/c1-9-13(10-4-2-3-5-11(10)16-9)17-14(18)12-8-19-7-6-15-12/h2-5,12,15-16H,6-8H2,1H3,(H,17,18). The number of aromatic nitrogens is 1. The van der Waals surface area contributed by atoms with E-state index in [4.69, 9.17) is 4.74 Å². The van der Waals surface area contributed by atoms with Crippen LogP contribution in [-0.4, -0.2) is 36.7 Å². The van der Waals surface area contributed by atoms with Crippen LogP contribution in [0.15, 0.2) is 24.3 Å². The van der Waals surface area contributed by atoms with Crippen LogP contribution in [0.25, 0.3) is 10.9 Å². The van der Waals surface area contributed by atoms with Crippen LogP contribution < -0.4 is 10.6 Å². The summed E-state index contributed by atoms with van der Waals surface area (Å²) < 4.78 is 5.31. The first-order valence-electron chi connectivity index (χ1n) is 6.45. The summed E-state index contributed by atoms with van der Waals surface area (Å²) in [5, 5.41) is 7.17. The van der Waals surface area contributed by atoms with Crippen LogP contribution in [0.4, 0.5) is 5.69 Å². The molecule has 1 fully saturated rings. The second-order valence-corrected chi connectivity index (χ2v) is 4.74. The van der Waals surface area contributed by atoms with E-state index in [9.17, 15) is 4.79 Å². The number of ether oxygens (including phenoxy) is 1. The first-order valence-corrected chi connectivity index (χ1v) is 6.45. The molecule has 100 valence electrons. The van der Waals surface area contributed by atoms with Crippen LogP contribution in [0.1, 0.15) is 5.69 Å². The van der Waals surface area contributed by atoms with Crippen LogP contribution in [0, 0.1) is 6.92 Å². The summed E-state index contributed by atoms with van der Waals surface area (Å²) in [5.74, 6) is -0.0486. The van der Waals surface area contributed by atoms with E-state index in [1.54, 1.807) is 0 Å². The number of aryl methyl sites for hydroxylation is 1. The molecule has 0 radical (unpaired) electrons. The zero-order valence-electron chi connectivity index (χ0n) is 10.8. The summed E-state index contributed by atoms with van der Waals surface area (Å²) in [6.07, 6.45) is 0. The van der Waals surface area contributed by atoms with Gasteiger partial charge in [0.25, 0.3) is 0 Å². The van der Waals surface area contributed by atoms with Gasteiger partial charge >= 0.3 is 0 Å². The zero-order valence-corrected chi connectivity index (χ0v) is 10.8. The molecule has 19 heavy (non-hydrogen) atoms. The number of morpholine rings is 1. The number of fused-ring (bicyclic) bond motifs is 1. The van der Waals surface area contributed by atoms with Gasteiger partial charge in [-0.15, -0.1) is 0 Å². The Kier molecular flexibility index (Phi) is 3.23. The number of para-hydroxylation sites is 1. The van der Waals surface area contributed by atoms with E-state index in [1.165, 1.54) is 0 Å². The number of anilines is 1. The van der Waals surface area contributed by atoms with Gasteiger partial charge in [0, 0.05) is 23.1 Å². The Bertz CT molecular complexity index is 600. The molecule has 0 spiro atoms. The fourth-order valence-electron chi connectivity index (χ4n) is 2.38. The van der Waals surface area contributed by atoms with E-state index in [0.29, 0.717) is 19.8 Å². The average Bonchev–Trinajstić information content (AvgIpc) is 2.76. The van der Waals surface area contributed by atoms with Crippen molar-refractivity contribution in [3.63, 3.8) is 0 Å². The van der Waals surface area contributed by atoms with Gasteiger partial charge in [-0.1, -0.05) is 18.2 Å². The number of amides is 1. The molecule has 1 aliphatic heterocycles. The number of carbonyl (C=O) groups excluding carboxylic acids is 1. The Morgan fingerprint density at radius 1 is 1.42 bits per heavy atom. The number of H-pyrrole nitrogens is 1. The van der Waals surface area contributed by atoms with Gasteiger partial charge in [-0.25, -0.2) is 0 Å². The number of hydrogen-bond acceptors (Lipinski definition) is 3. The molecule has 2 aromatic rings. The number of aromatic amines is 1. The molecule has 0 saturated carbocycles. The van der Waals surface area contributed by atoms with Gasteiger partial charge < -0.3 is 20.4 Å². The van der Waals surface area contributed by atoms with Crippen molar-refractivity contribution in [3.8, 4) is 0 Å². The van der Waals surface area contributed by atoms with Crippen molar-refractivity contribution in [2.45, 2.75) is 13.0 Å². The normalized spacial score (nSPS) is 19.5. The smallest absolute Gasteiger partial charge is 0.243 e. The van der Waals surface area contributed by atoms with Gasteiger partial charge in [-0.2, -0.15) is 0 Å². The highest BCUT2D eigenvalue weighted by Crippen LogP contribution is 2.26. The summed E-state index contributed by atoms with van der Waals surface area (Å²) >= 11 is 0. The van der Waals surface area contributed by atoms with Crippen molar-refractivity contribution in [1.29, 1.82) is 0 Å². The highest BCUT2D eigenvalue weighted by molar-refractivity contribution is 6.04. The fraction of sp³-hybridized carbons (Fsp3) is 0.357. The second-order valence-electron chi connectivity index (χ2n) is 4.74. The third-order valence-electron chi connectivity index (χ3n) is 3.38. The predicted molar refractivity (Wildman–Crippen MR) is 74.3 cm³/mol. The minimum atomic E-state index is -0.276. The lowest BCUT2D eigenvalue weighted by molar-refractivity contribution is -0.120. The molecule has 0 bridgehead atoms. The Labute approximate surface area is 111 Å². The minimum Gasteiger partial charge on any atom is -0.378 e. The van der Waals surface area contributed by atoms with Gasteiger partial charge in [-0.3, -0.25) is 4.79 Å². The maximum absolute atomic E-state index is 12.2. The first kappa shape index (κ1) is 12.2. The van der Waals surface area contributed by atoms with Crippen molar-refractivity contribution in [1.82, 2.24) is 10.3 Å². The molecule has 3 N–H and O–H groups in total. The highest BCUT2D eigenvalue weighted by atomic mass is 16.5. The molecule has 1 saturated heterocycles. The number of hydrogen-bond donors (Lipinski definition) is 3. The van der Waals surface area contributed by atoms with E-state index in [2.05, 4.69) is 15.6 Å². The number of carbonyl (C=O) groups is 1. The summed E-state index contributed by atoms with van der Waals surface area (Å²) in [6.45, 7) is 3.76. The SMILES string of the molecule is Cc1[nH]c2ccccc2c1NC(=O)C1COCCN1. The third-order valence-corrected chi connectivity index (χ3v) is 3.38. The van der Waals surface area contributed by atoms with Gasteiger partial charge in [0.2, 0.25) is 5.91 Å². The molecule has 1 aromatic heterocycles. The fourth-order valence-corrected chi connectivity index (χ4v) is 2.38. The van der Waals surface area contributed by atoms with Crippen LogP contribution in [0.2, 0.25) is 0 Å². The summed E-state index contributed by atoms with van der Waals surface area (Å²) in [4.78, 5) is 15.5. The molecule has 5 nitrogen and oxygen atoms in total. The first-order chi connectivity index (χ1) is 9.25. The zero-order chi connectivity index (χ0) is 13.2. The quantitative estimate of drug-likeness (QED) is 0.764. The van der Waals surface area contributed by atoms with E-state index < -0.39 is 0 Å². The monoisotopic (exact) mass is 259 g/mol. The van der Waals surface area contributed by atoms with Crippen molar-refractivity contribution in [3.05, 3.63) is 30.0 Å². The maximum Gasteiger partial charge on any atom is 0.243 e. The summed E-state index contributed by atoms with van der Waals surface area (Å²) in [5.41, 5.74) is 2.85. The van der Waals surface area contributed by atoms with Gasteiger partial charge in [0.15, 0.2) is 0 Å². The molecule has 2 heterocycles. The Morgan fingerprint density at radius 2 is 2.26 bits per heavy atom. The number of nitrogens with one attached hydrogen (secondary N) is 3. The lowest BCUT2D eigenvalue weighted by Crippen LogP contribution is -2.48. The maximum atomic E-state index is 12.2. The molecule has 0 aliphatic carbocycles. The highest BCUT2D eigenvalue weighted by Gasteiger charge is 2.22. The molecule has 5 heteroatoms. The largest absolute Gasteiger partial charge is 0.378 e. The van der Waals surface area contributed by atoms with Gasteiger partial charge in [-0.05, 0) is 13.0 Å².